The second kappa shape index (κ2) is 6.39. The third-order valence-electron chi connectivity index (χ3n) is 4.20. The van der Waals surface area contributed by atoms with E-state index in [1.807, 2.05) is 13.8 Å². The maximum Gasteiger partial charge on any atom is 0.379 e. The zero-order chi connectivity index (χ0) is 18.4. The summed E-state index contributed by atoms with van der Waals surface area (Å²) in [5.41, 5.74) is 1.65. The first-order valence-corrected chi connectivity index (χ1v) is 8.48. The standard InChI is InChI=1S/C18H17Cl2NO4/c1-9-15-12(21-23)7-18(2,3)8-14(15)24-16(9)17(22)25-13-5-4-10(19)6-11(13)20/h4-6,23H,7-8H2,1-3H3/b21-12-. The average molecular weight is 382 g/mol. The van der Waals surface area contributed by atoms with E-state index in [0.717, 1.165) is 0 Å². The predicted molar refractivity (Wildman–Crippen MR) is 95.3 cm³/mol. The van der Waals surface area contributed by atoms with Crippen molar-refractivity contribution >= 4 is 34.9 Å². The van der Waals surface area contributed by atoms with Crippen molar-refractivity contribution in [3.63, 3.8) is 0 Å². The van der Waals surface area contributed by atoms with Crippen LogP contribution in [-0.4, -0.2) is 16.9 Å². The molecule has 1 N–H and O–H groups in total. The fraction of sp³-hybridized carbons (Fsp3) is 0.333. The van der Waals surface area contributed by atoms with Crippen LogP contribution in [0.3, 0.4) is 0 Å². The molecule has 132 valence electrons. The Bertz CT molecular complexity index is 883. The molecule has 0 amide bonds. The number of hydrogen-bond donors (Lipinski definition) is 1. The van der Waals surface area contributed by atoms with E-state index in [-0.39, 0.29) is 21.9 Å². The van der Waals surface area contributed by atoms with Gasteiger partial charge in [0.25, 0.3) is 0 Å². The number of oxime groups is 1. The first-order valence-electron chi connectivity index (χ1n) is 7.72. The highest BCUT2D eigenvalue weighted by molar-refractivity contribution is 6.35. The predicted octanol–water partition coefficient (Wildman–Crippen LogP) is 5.26. The zero-order valence-electron chi connectivity index (χ0n) is 14.0. The number of benzene rings is 1. The SMILES string of the molecule is Cc1c(C(=O)Oc2ccc(Cl)cc2Cl)oc2c1/C(=N\O)CC(C)(C)C2. The Morgan fingerprint density at radius 3 is 2.68 bits per heavy atom. The normalized spacial score (nSPS) is 17.4. The third kappa shape index (κ3) is 3.39. The summed E-state index contributed by atoms with van der Waals surface area (Å²) in [4.78, 5) is 12.5. The van der Waals surface area contributed by atoms with Crippen molar-refractivity contribution in [2.75, 3.05) is 0 Å². The number of rotatable bonds is 2. The Labute approximate surface area is 155 Å². The number of fused-ring (bicyclic) bond motifs is 1. The van der Waals surface area contributed by atoms with Crippen molar-refractivity contribution < 1.29 is 19.2 Å². The molecule has 1 aliphatic rings. The summed E-state index contributed by atoms with van der Waals surface area (Å²) in [5, 5.41) is 13.4. The van der Waals surface area contributed by atoms with Crippen molar-refractivity contribution in [2.24, 2.45) is 10.6 Å². The van der Waals surface area contributed by atoms with Gasteiger partial charge in [0, 0.05) is 22.6 Å². The Morgan fingerprint density at radius 2 is 2.04 bits per heavy atom. The summed E-state index contributed by atoms with van der Waals surface area (Å²) in [6.45, 7) is 5.83. The minimum Gasteiger partial charge on any atom is -0.453 e. The lowest BCUT2D eigenvalue weighted by Crippen LogP contribution is -2.27. The van der Waals surface area contributed by atoms with Gasteiger partial charge in [-0.3, -0.25) is 0 Å². The van der Waals surface area contributed by atoms with Gasteiger partial charge >= 0.3 is 5.97 Å². The van der Waals surface area contributed by atoms with Gasteiger partial charge in [0.05, 0.1) is 10.7 Å². The molecule has 0 bridgehead atoms. The largest absolute Gasteiger partial charge is 0.453 e. The number of nitrogens with zero attached hydrogens (tertiary/aromatic N) is 1. The molecule has 0 unspecified atom stereocenters. The van der Waals surface area contributed by atoms with E-state index in [4.69, 9.17) is 32.4 Å². The van der Waals surface area contributed by atoms with Crippen LogP contribution in [0.1, 0.15) is 47.7 Å². The molecule has 5 nitrogen and oxygen atoms in total. The molecule has 0 aliphatic heterocycles. The van der Waals surface area contributed by atoms with E-state index in [2.05, 4.69) is 5.16 Å². The van der Waals surface area contributed by atoms with Crippen LogP contribution in [0.25, 0.3) is 0 Å². The molecule has 0 spiro atoms. The maximum absolute atomic E-state index is 12.5. The van der Waals surface area contributed by atoms with Crippen molar-refractivity contribution in [3.05, 3.63) is 50.9 Å². The Morgan fingerprint density at radius 1 is 1.32 bits per heavy atom. The molecule has 7 heteroatoms. The van der Waals surface area contributed by atoms with Crippen LogP contribution in [0.4, 0.5) is 0 Å². The molecule has 0 fully saturated rings. The van der Waals surface area contributed by atoms with Crippen molar-refractivity contribution in [1.82, 2.24) is 0 Å². The molecular formula is C18H17Cl2NO4. The van der Waals surface area contributed by atoms with Gasteiger partial charge in [-0.25, -0.2) is 4.79 Å². The van der Waals surface area contributed by atoms with Crippen LogP contribution < -0.4 is 4.74 Å². The number of furan rings is 1. The number of hydrogen-bond acceptors (Lipinski definition) is 5. The lowest BCUT2D eigenvalue weighted by atomic mass is 9.75. The van der Waals surface area contributed by atoms with E-state index in [1.54, 1.807) is 13.0 Å². The van der Waals surface area contributed by atoms with Gasteiger partial charge in [-0.05, 0) is 37.0 Å². The lowest BCUT2D eigenvalue weighted by molar-refractivity contribution is 0.0697. The average Bonchev–Trinajstić information content (AvgIpc) is 2.84. The van der Waals surface area contributed by atoms with Crippen LogP contribution in [0.15, 0.2) is 27.8 Å². The quantitative estimate of drug-likeness (QED) is 0.333. The van der Waals surface area contributed by atoms with Gasteiger partial charge in [0.1, 0.15) is 11.5 Å². The number of ether oxygens (including phenoxy) is 1. The van der Waals surface area contributed by atoms with Gasteiger partial charge in [-0.2, -0.15) is 0 Å². The smallest absolute Gasteiger partial charge is 0.379 e. The maximum atomic E-state index is 12.5. The fourth-order valence-corrected chi connectivity index (χ4v) is 3.55. The minimum atomic E-state index is -0.661. The van der Waals surface area contributed by atoms with Crippen molar-refractivity contribution in [3.8, 4) is 5.75 Å². The number of halogens is 2. The second-order valence-electron chi connectivity index (χ2n) is 6.88. The van der Waals surface area contributed by atoms with Gasteiger partial charge in [-0.1, -0.05) is 42.2 Å². The molecule has 1 aliphatic carbocycles. The zero-order valence-corrected chi connectivity index (χ0v) is 15.5. The van der Waals surface area contributed by atoms with Gasteiger partial charge in [0.2, 0.25) is 5.76 Å². The summed E-state index contributed by atoms with van der Waals surface area (Å²) < 4.78 is 11.1. The molecule has 3 rings (SSSR count). The molecule has 2 aromatic rings. The summed E-state index contributed by atoms with van der Waals surface area (Å²) in [6, 6.07) is 4.59. The molecule has 1 heterocycles. The number of carbonyl (C=O) groups excluding carboxylic acids is 1. The summed E-state index contributed by atoms with van der Waals surface area (Å²) in [5.74, 6) is 0.234. The topological polar surface area (TPSA) is 72.0 Å². The first-order chi connectivity index (χ1) is 11.7. The van der Waals surface area contributed by atoms with Crippen LogP contribution in [0.5, 0.6) is 5.75 Å². The van der Waals surface area contributed by atoms with Crippen molar-refractivity contribution in [2.45, 2.75) is 33.6 Å². The highest BCUT2D eigenvalue weighted by Gasteiger charge is 2.36. The summed E-state index contributed by atoms with van der Waals surface area (Å²) >= 11 is 11.9. The Kier molecular flexibility index (Phi) is 4.56. The van der Waals surface area contributed by atoms with E-state index < -0.39 is 5.97 Å². The van der Waals surface area contributed by atoms with Crippen molar-refractivity contribution in [1.29, 1.82) is 0 Å². The monoisotopic (exact) mass is 381 g/mol. The fourth-order valence-electron chi connectivity index (χ4n) is 3.10. The first kappa shape index (κ1) is 17.8. The van der Waals surface area contributed by atoms with Gasteiger partial charge in [0.15, 0.2) is 0 Å². The molecule has 0 saturated carbocycles. The van der Waals surface area contributed by atoms with E-state index >= 15 is 0 Å². The number of carbonyl (C=O) groups is 1. The van der Waals surface area contributed by atoms with E-state index in [9.17, 15) is 10.0 Å². The molecular weight excluding hydrogens is 365 g/mol. The van der Waals surface area contributed by atoms with Gasteiger partial charge < -0.3 is 14.4 Å². The van der Waals surface area contributed by atoms with Crippen LogP contribution in [-0.2, 0) is 6.42 Å². The summed E-state index contributed by atoms with van der Waals surface area (Å²) in [7, 11) is 0. The third-order valence-corrected chi connectivity index (χ3v) is 4.73. The second-order valence-corrected chi connectivity index (χ2v) is 7.73. The molecule has 1 aromatic carbocycles. The molecule has 1 aromatic heterocycles. The highest BCUT2D eigenvalue weighted by Crippen LogP contribution is 2.39. The van der Waals surface area contributed by atoms with E-state index in [1.165, 1.54) is 12.1 Å². The molecule has 0 saturated heterocycles. The Balaban J connectivity index is 1.96. The minimum absolute atomic E-state index is 0.0786. The number of esters is 1. The molecule has 0 atom stereocenters. The van der Waals surface area contributed by atoms with Crippen LogP contribution in [0.2, 0.25) is 10.0 Å². The van der Waals surface area contributed by atoms with Crippen LogP contribution in [0, 0.1) is 12.3 Å². The molecule has 25 heavy (non-hydrogen) atoms. The molecule has 0 radical (unpaired) electrons. The van der Waals surface area contributed by atoms with Crippen LogP contribution >= 0.6 is 23.2 Å². The highest BCUT2D eigenvalue weighted by atomic mass is 35.5. The lowest BCUT2D eigenvalue weighted by Gasteiger charge is -2.28. The van der Waals surface area contributed by atoms with Gasteiger partial charge in [-0.15, -0.1) is 0 Å². The summed E-state index contributed by atoms with van der Waals surface area (Å²) in [6.07, 6.45) is 1.23. The van der Waals surface area contributed by atoms with E-state index in [0.29, 0.717) is 40.5 Å². The Hall–Kier alpha value is -1.98.